The first-order valence-corrected chi connectivity index (χ1v) is 10.8. The van der Waals surface area contributed by atoms with Crippen molar-refractivity contribution in [3.63, 3.8) is 0 Å². The molecule has 5 nitrogen and oxygen atoms in total. The average molecular weight is 442 g/mol. The maximum Gasteiger partial charge on any atom is 0.162 e. The van der Waals surface area contributed by atoms with E-state index in [1.165, 1.54) is 6.07 Å². The standard InChI is InChI=1S/C24H25ClFN3O2/c25-20-7-3-1-5-15(20)13-28-22-12-23(31)19(14-30)18(22)11-16-9-10-27-24(29-16)17-6-2-4-8-21(17)26/h1-10,18-19,22-23,28,30-31H,11-14H2/t18-,19-,22-,23-/m1/s1. The summed E-state index contributed by atoms with van der Waals surface area (Å²) in [6, 6.07) is 15.8. The van der Waals surface area contributed by atoms with Gasteiger partial charge in [-0.2, -0.15) is 0 Å². The van der Waals surface area contributed by atoms with E-state index in [1.807, 2.05) is 24.3 Å². The fourth-order valence-corrected chi connectivity index (χ4v) is 4.59. The lowest BCUT2D eigenvalue weighted by Crippen LogP contribution is -2.36. The van der Waals surface area contributed by atoms with E-state index in [0.29, 0.717) is 35.8 Å². The predicted octanol–water partition coefficient (Wildman–Crippen LogP) is 3.63. The zero-order valence-electron chi connectivity index (χ0n) is 17.0. The van der Waals surface area contributed by atoms with E-state index in [4.69, 9.17) is 11.6 Å². The van der Waals surface area contributed by atoms with Gasteiger partial charge in [-0.25, -0.2) is 14.4 Å². The van der Waals surface area contributed by atoms with Crippen molar-refractivity contribution in [2.24, 2.45) is 11.8 Å². The molecule has 0 spiro atoms. The number of nitrogens with one attached hydrogen (secondary N) is 1. The zero-order chi connectivity index (χ0) is 21.8. The Morgan fingerprint density at radius 2 is 1.84 bits per heavy atom. The minimum atomic E-state index is -0.605. The summed E-state index contributed by atoms with van der Waals surface area (Å²) in [5.41, 5.74) is 2.08. The second-order valence-electron chi connectivity index (χ2n) is 7.95. The normalized spacial score (nSPS) is 23.2. The SMILES string of the molecule is OC[C@@H]1[C@@H](Cc2ccnc(-c3ccccc3F)n2)[C@H](NCc2ccccc2Cl)C[C@H]1O. The molecule has 0 saturated heterocycles. The van der Waals surface area contributed by atoms with Crippen LogP contribution in [0.4, 0.5) is 4.39 Å². The first-order chi connectivity index (χ1) is 15.1. The number of hydrogen-bond acceptors (Lipinski definition) is 5. The molecule has 1 aliphatic rings. The molecule has 7 heteroatoms. The van der Waals surface area contributed by atoms with Crippen LogP contribution in [0.25, 0.3) is 11.4 Å². The van der Waals surface area contributed by atoms with E-state index < -0.39 is 6.10 Å². The van der Waals surface area contributed by atoms with Gasteiger partial charge >= 0.3 is 0 Å². The summed E-state index contributed by atoms with van der Waals surface area (Å²) in [6.45, 7) is 0.456. The Balaban J connectivity index is 1.53. The van der Waals surface area contributed by atoms with Crippen molar-refractivity contribution >= 4 is 11.6 Å². The minimum absolute atomic E-state index is 0.0182. The minimum Gasteiger partial charge on any atom is -0.396 e. The Morgan fingerprint density at radius 1 is 1.06 bits per heavy atom. The van der Waals surface area contributed by atoms with E-state index in [0.717, 1.165) is 11.3 Å². The summed E-state index contributed by atoms with van der Waals surface area (Å²) >= 11 is 6.27. The second-order valence-corrected chi connectivity index (χ2v) is 8.35. The van der Waals surface area contributed by atoms with Gasteiger partial charge in [0.1, 0.15) is 5.82 Å². The van der Waals surface area contributed by atoms with Gasteiger partial charge in [0.15, 0.2) is 5.82 Å². The van der Waals surface area contributed by atoms with Crippen molar-refractivity contribution in [1.82, 2.24) is 15.3 Å². The molecule has 1 aliphatic carbocycles. The number of hydrogen-bond donors (Lipinski definition) is 3. The maximum absolute atomic E-state index is 14.2. The van der Waals surface area contributed by atoms with Crippen molar-refractivity contribution in [3.8, 4) is 11.4 Å². The van der Waals surface area contributed by atoms with Crippen LogP contribution in [-0.4, -0.2) is 38.9 Å². The van der Waals surface area contributed by atoms with Gasteiger partial charge in [0, 0.05) is 42.0 Å². The highest BCUT2D eigenvalue weighted by atomic mass is 35.5. The number of aromatic nitrogens is 2. The van der Waals surface area contributed by atoms with Crippen LogP contribution in [0.3, 0.4) is 0 Å². The average Bonchev–Trinajstić information content (AvgIpc) is 3.07. The Hall–Kier alpha value is -2.38. The van der Waals surface area contributed by atoms with E-state index >= 15 is 0 Å². The van der Waals surface area contributed by atoms with Crippen molar-refractivity contribution in [2.75, 3.05) is 6.61 Å². The van der Waals surface area contributed by atoms with Crippen LogP contribution in [0.15, 0.2) is 60.8 Å². The molecule has 162 valence electrons. The maximum atomic E-state index is 14.2. The molecule has 0 amide bonds. The largest absolute Gasteiger partial charge is 0.396 e. The van der Waals surface area contributed by atoms with Gasteiger partial charge < -0.3 is 15.5 Å². The molecule has 0 bridgehead atoms. The van der Waals surface area contributed by atoms with Gasteiger partial charge in [0.05, 0.1) is 11.7 Å². The smallest absolute Gasteiger partial charge is 0.162 e. The Bertz CT molecular complexity index is 1030. The summed E-state index contributed by atoms with van der Waals surface area (Å²) in [4.78, 5) is 8.79. The van der Waals surface area contributed by atoms with Crippen molar-refractivity contribution in [1.29, 1.82) is 0 Å². The van der Waals surface area contributed by atoms with Crippen molar-refractivity contribution in [2.45, 2.75) is 31.5 Å². The highest BCUT2D eigenvalue weighted by Gasteiger charge is 2.42. The fraction of sp³-hybridized carbons (Fsp3) is 0.333. The van der Waals surface area contributed by atoms with Crippen LogP contribution in [0.5, 0.6) is 0 Å². The monoisotopic (exact) mass is 441 g/mol. The number of halogens is 2. The molecule has 0 unspecified atom stereocenters. The first-order valence-electron chi connectivity index (χ1n) is 10.4. The van der Waals surface area contributed by atoms with Crippen molar-refractivity contribution < 1.29 is 14.6 Å². The molecule has 4 atom stereocenters. The summed E-state index contributed by atoms with van der Waals surface area (Å²) < 4.78 is 14.2. The number of aliphatic hydroxyl groups is 2. The molecule has 0 aliphatic heterocycles. The molecular weight excluding hydrogens is 417 g/mol. The number of rotatable bonds is 7. The van der Waals surface area contributed by atoms with Gasteiger partial charge in [-0.3, -0.25) is 0 Å². The zero-order valence-corrected chi connectivity index (χ0v) is 17.7. The summed E-state index contributed by atoms with van der Waals surface area (Å²) in [7, 11) is 0. The topological polar surface area (TPSA) is 78.3 Å². The number of benzene rings is 2. The van der Waals surface area contributed by atoms with E-state index in [9.17, 15) is 14.6 Å². The molecule has 1 heterocycles. The van der Waals surface area contributed by atoms with Crippen LogP contribution < -0.4 is 5.32 Å². The third-order valence-corrected chi connectivity index (χ3v) is 6.42. The lowest BCUT2D eigenvalue weighted by Gasteiger charge is -2.25. The van der Waals surface area contributed by atoms with Gasteiger partial charge in [0.25, 0.3) is 0 Å². The van der Waals surface area contributed by atoms with Crippen LogP contribution >= 0.6 is 11.6 Å². The van der Waals surface area contributed by atoms with Crippen LogP contribution in [0.2, 0.25) is 5.02 Å². The Labute approximate surface area is 186 Å². The first kappa shape index (κ1) is 21.8. The third-order valence-electron chi connectivity index (χ3n) is 6.05. The number of nitrogens with zero attached hydrogens (tertiary/aromatic N) is 2. The molecular formula is C24H25ClFN3O2. The molecule has 3 N–H and O–H groups in total. The second kappa shape index (κ2) is 9.83. The van der Waals surface area contributed by atoms with Crippen LogP contribution in [0.1, 0.15) is 17.7 Å². The Kier molecular flexibility index (Phi) is 6.92. The fourth-order valence-electron chi connectivity index (χ4n) is 4.39. The van der Waals surface area contributed by atoms with Gasteiger partial charge in [-0.05, 0) is 48.6 Å². The van der Waals surface area contributed by atoms with E-state index in [2.05, 4.69) is 15.3 Å². The molecule has 1 saturated carbocycles. The van der Waals surface area contributed by atoms with Crippen LogP contribution in [-0.2, 0) is 13.0 Å². The highest BCUT2D eigenvalue weighted by Crippen LogP contribution is 2.35. The summed E-state index contributed by atoms with van der Waals surface area (Å²) in [6.07, 6.45) is 2.08. The van der Waals surface area contributed by atoms with Gasteiger partial charge in [0.2, 0.25) is 0 Å². The highest BCUT2D eigenvalue weighted by molar-refractivity contribution is 6.31. The molecule has 1 aromatic heterocycles. The molecule has 4 rings (SSSR count). The lowest BCUT2D eigenvalue weighted by atomic mass is 9.88. The summed E-state index contributed by atoms with van der Waals surface area (Å²) in [5.74, 6) is -0.347. The molecule has 3 aromatic rings. The summed E-state index contributed by atoms with van der Waals surface area (Å²) in [5, 5.41) is 24.6. The third kappa shape index (κ3) is 4.93. The molecule has 31 heavy (non-hydrogen) atoms. The van der Waals surface area contributed by atoms with Crippen molar-refractivity contribution in [3.05, 3.63) is 82.9 Å². The van der Waals surface area contributed by atoms with E-state index in [1.54, 1.807) is 30.5 Å². The van der Waals surface area contributed by atoms with E-state index in [-0.39, 0.29) is 30.3 Å². The quantitative estimate of drug-likeness (QED) is 0.522. The van der Waals surface area contributed by atoms with Gasteiger partial charge in [-0.15, -0.1) is 0 Å². The van der Waals surface area contributed by atoms with Gasteiger partial charge in [-0.1, -0.05) is 41.9 Å². The lowest BCUT2D eigenvalue weighted by molar-refractivity contribution is 0.0716. The molecule has 0 radical (unpaired) electrons. The Morgan fingerprint density at radius 3 is 2.61 bits per heavy atom. The van der Waals surface area contributed by atoms with Crippen LogP contribution in [0, 0.1) is 17.7 Å². The number of aliphatic hydroxyl groups excluding tert-OH is 2. The molecule has 1 fully saturated rings. The predicted molar refractivity (Wildman–Crippen MR) is 118 cm³/mol. The molecule has 2 aromatic carbocycles.